The van der Waals surface area contributed by atoms with Gasteiger partial charge in [-0.3, -0.25) is 9.80 Å². The van der Waals surface area contributed by atoms with Gasteiger partial charge in [0.05, 0.1) is 37.3 Å². The Morgan fingerprint density at radius 1 is 1.00 bits per heavy atom. The minimum Gasteiger partial charge on any atom is -0.497 e. The summed E-state index contributed by atoms with van der Waals surface area (Å²) in [6, 6.07) is 10.8. The number of hydrogen-bond donors (Lipinski definition) is 1. The fourth-order valence-corrected chi connectivity index (χ4v) is 6.27. The van der Waals surface area contributed by atoms with Crippen molar-refractivity contribution in [2.24, 2.45) is 0 Å². The van der Waals surface area contributed by atoms with Crippen LogP contribution in [0.25, 0.3) is 0 Å². The summed E-state index contributed by atoms with van der Waals surface area (Å²) in [5.74, 6) is 0.480. The predicted molar refractivity (Wildman–Crippen MR) is 149 cm³/mol. The van der Waals surface area contributed by atoms with Gasteiger partial charge in [0.2, 0.25) is 10.0 Å². The third kappa shape index (κ3) is 6.08. The maximum absolute atomic E-state index is 13.3. The fraction of sp³-hybridized carbons (Fsp3) is 0.429. The molecule has 2 aromatic carbocycles. The number of benzene rings is 2. The van der Waals surface area contributed by atoms with Crippen LogP contribution >= 0.6 is 0 Å². The summed E-state index contributed by atoms with van der Waals surface area (Å²) in [4.78, 5) is 30.1. The number of nitrogens with zero attached hydrogens (tertiary/aromatic N) is 3. The van der Waals surface area contributed by atoms with E-state index in [4.69, 9.17) is 14.2 Å². The standard InChI is InChI=1S/C28H36N4O7S/c1-6-39-27(33)25-24(30(3)28(34)29-26(25)20-15-21(37-4)17-22(16-20)38-5)18-31-11-13-32(14-12-31)40(35,36)23-9-7-19(2)8-10-23/h7-10,15-17,26H,6,11-14,18H2,1-5H3,(H,29,34)/t26-/m1/s1. The molecule has 1 N–H and O–H groups in total. The van der Waals surface area contributed by atoms with Crippen LogP contribution in [-0.2, 0) is 19.6 Å². The largest absolute Gasteiger partial charge is 0.497 e. The Balaban J connectivity index is 1.63. The molecule has 11 nitrogen and oxygen atoms in total. The highest BCUT2D eigenvalue weighted by Crippen LogP contribution is 2.35. The molecule has 4 rings (SSSR count). The van der Waals surface area contributed by atoms with E-state index < -0.39 is 22.0 Å². The number of rotatable bonds is 9. The zero-order valence-electron chi connectivity index (χ0n) is 23.5. The van der Waals surface area contributed by atoms with E-state index >= 15 is 0 Å². The van der Waals surface area contributed by atoms with E-state index in [0.717, 1.165) is 5.56 Å². The molecule has 0 aliphatic carbocycles. The molecular weight excluding hydrogens is 536 g/mol. The summed E-state index contributed by atoms with van der Waals surface area (Å²) in [7, 11) is 1.03. The summed E-state index contributed by atoms with van der Waals surface area (Å²) in [5, 5.41) is 2.90. The van der Waals surface area contributed by atoms with E-state index in [-0.39, 0.29) is 37.2 Å². The lowest BCUT2D eigenvalue weighted by molar-refractivity contribution is -0.139. The highest BCUT2D eigenvalue weighted by molar-refractivity contribution is 7.89. The lowest BCUT2D eigenvalue weighted by Crippen LogP contribution is -2.53. The molecule has 2 aliphatic rings. The summed E-state index contributed by atoms with van der Waals surface area (Å²) in [6.07, 6.45) is 0. The summed E-state index contributed by atoms with van der Waals surface area (Å²) in [5.41, 5.74) is 2.38. The van der Waals surface area contributed by atoms with E-state index in [1.165, 1.54) is 23.4 Å². The van der Waals surface area contributed by atoms with Gasteiger partial charge in [-0.25, -0.2) is 18.0 Å². The van der Waals surface area contributed by atoms with Crippen molar-refractivity contribution in [1.29, 1.82) is 0 Å². The van der Waals surface area contributed by atoms with Crippen molar-refractivity contribution >= 4 is 22.0 Å². The Labute approximate surface area is 235 Å². The smallest absolute Gasteiger partial charge is 0.338 e. The first-order valence-electron chi connectivity index (χ1n) is 13.1. The number of ether oxygens (including phenoxy) is 3. The fourth-order valence-electron chi connectivity index (χ4n) is 4.84. The summed E-state index contributed by atoms with van der Waals surface area (Å²) >= 11 is 0. The Hall–Kier alpha value is -3.61. The van der Waals surface area contributed by atoms with Gasteiger partial charge in [-0.05, 0) is 43.7 Å². The van der Waals surface area contributed by atoms with Crippen LogP contribution in [0.5, 0.6) is 11.5 Å². The number of esters is 1. The molecule has 0 aromatic heterocycles. The van der Waals surface area contributed by atoms with Gasteiger partial charge < -0.3 is 19.5 Å². The molecule has 216 valence electrons. The first-order valence-corrected chi connectivity index (χ1v) is 14.5. The zero-order valence-corrected chi connectivity index (χ0v) is 24.3. The first-order chi connectivity index (χ1) is 19.1. The van der Waals surface area contributed by atoms with Gasteiger partial charge in [0.25, 0.3) is 0 Å². The van der Waals surface area contributed by atoms with Crippen molar-refractivity contribution in [1.82, 2.24) is 19.4 Å². The maximum atomic E-state index is 13.3. The zero-order chi connectivity index (χ0) is 29.0. The van der Waals surface area contributed by atoms with Crippen LogP contribution in [0.3, 0.4) is 0 Å². The molecule has 0 unspecified atom stereocenters. The number of urea groups is 1. The second kappa shape index (κ2) is 12.3. The van der Waals surface area contributed by atoms with Crippen LogP contribution in [0.4, 0.5) is 4.79 Å². The van der Waals surface area contributed by atoms with E-state index in [2.05, 4.69) is 5.32 Å². The van der Waals surface area contributed by atoms with Crippen molar-refractivity contribution in [2.75, 3.05) is 60.6 Å². The van der Waals surface area contributed by atoms with Gasteiger partial charge in [-0.1, -0.05) is 17.7 Å². The minimum absolute atomic E-state index is 0.164. The van der Waals surface area contributed by atoms with Gasteiger partial charge in [0, 0.05) is 51.5 Å². The quantitative estimate of drug-likeness (QED) is 0.456. The molecule has 2 aliphatic heterocycles. The minimum atomic E-state index is -3.62. The summed E-state index contributed by atoms with van der Waals surface area (Å²) in [6.45, 7) is 5.48. The first kappa shape index (κ1) is 29.4. The van der Waals surface area contributed by atoms with Gasteiger partial charge in [-0.2, -0.15) is 4.31 Å². The Bertz CT molecular complexity index is 1360. The average molecular weight is 573 g/mol. The van der Waals surface area contributed by atoms with Crippen LogP contribution < -0.4 is 14.8 Å². The molecule has 2 heterocycles. The van der Waals surface area contributed by atoms with Gasteiger partial charge in [0.15, 0.2) is 0 Å². The third-order valence-corrected chi connectivity index (χ3v) is 9.06. The maximum Gasteiger partial charge on any atom is 0.338 e. The van der Waals surface area contributed by atoms with Gasteiger partial charge in [-0.15, -0.1) is 0 Å². The number of nitrogens with one attached hydrogen (secondary N) is 1. The van der Waals surface area contributed by atoms with Crippen molar-refractivity contribution in [3.8, 4) is 11.5 Å². The van der Waals surface area contributed by atoms with E-state index in [1.54, 1.807) is 56.4 Å². The predicted octanol–water partition coefficient (Wildman–Crippen LogP) is 2.53. The average Bonchev–Trinajstić information content (AvgIpc) is 2.95. The van der Waals surface area contributed by atoms with Crippen LogP contribution in [0, 0.1) is 6.92 Å². The van der Waals surface area contributed by atoms with Gasteiger partial charge >= 0.3 is 12.0 Å². The lowest BCUT2D eigenvalue weighted by atomic mass is 9.93. The summed E-state index contributed by atoms with van der Waals surface area (Å²) < 4.78 is 44.0. The molecule has 2 aromatic rings. The molecule has 0 spiro atoms. The number of amides is 2. The molecule has 1 fully saturated rings. The van der Waals surface area contributed by atoms with Crippen LogP contribution in [-0.4, -0.2) is 95.1 Å². The molecular formula is C28H36N4O7S. The monoisotopic (exact) mass is 572 g/mol. The number of carbonyl (C=O) groups excluding carboxylic acids is 2. The van der Waals surface area contributed by atoms with Crippen molar-refractivity contribution in [2.45, 2.75) is 24.8 Å². The number of sulfonamides is 1. The molecule has 0 radical (unpaired) electrons. The second-order valence-electron chi connectivity index (χ2n) is 9.66. The second-order valence-corrected chi connectivity index (χ2v) is 11.6. The van der Waals surface area contributed by atoms with Crippen LogP contribution in [0.15, 0.2) is 58.6 Å². The third-order valence-electron chi connectivity index (χ3n) is 7.14. The SMILES string of the molecule is CCOC(=O)C1=C(CN2CCN(S(=O)(=O)c3ccc(C)cc3)CC2)N(C)C(=O)N[C@@H]1c1cc(OC)cc(OC)c1. The number of piperazine rings is 1. The van der Waals surface area contributed by atoms with E-state index in [0.29, 0.717) is 41.4 Å². The Kier molecular flexibility index (Phi) is 9.02. The Morgan fingerprint density at radius 2 is 1.60 bits per heavy atom. The topological polar surface area (TPSA) is 118 Å². The molecule has 1 saturated heterocycles. The van der Waals surface area contributed by atoms with Crippen molar-refractivity contribution < 1.29 is 32.2 Å². The highest BCUT2D eigenvalue weighted by Gasteiger charge is 2.38. The molecule has 12 heteroatoms. The number of aryl methyl sites for hydroxylation is 1. The van der Waals surface area contributed by atoms with Crippen LogP contribution in [0.2, 0.25) is 0 Å². The Morgan fingerprint density at radius 3 is 2.15 bits per heavy atom. The molecule has 0 saturated carbocycles. The van der Waals surface area contributed by atoms with Crippen molar-refractivity contribution in [3.05, 3.63) is 64.9 Å². The lowest BCUT2D eigenvalue weighted by Gasteiger charge is -2.39. The van der Waals surface area contributed by atoms with E-state index in [9.17, 15) is 18.0 Å². The molecule has 2 amide bonds. The number of hydrogen-bond acceptors (Lipinski definition) is 8. The van der Waals surface area contributed by atoms with E-state index in [1.807, 2.05) is 11.8 Å². The van der Waals surface area contributed by atoms with Crippen molar-refractivity contribution in [3.63, 3.8) is 0 Å². The number of carbonyl (C=O) groups is 2. The normalized spacial score (nSPS) is 18.9. The number of methoxy groups -OCH3 is 2. The molecule has 40 heavy (non-hydrogen) atoms. The molecule has 1 atom stereocenters. The highest BCUT2D eigenvalue weighted by atomic mass is 32.2. The molecule has 0 bridgehead atoms. The number of likely N-dealkylation sites (N-methyl/N-ethyl adjacent to an activating group) is 1. The van der Waals surface area contributed by atoms with Crippen LogP contribution in [0.1, 0.15) is 24.1 Å². The van der Waals surface area contributed by atoms with Gasteiger partial charge in [0.1, 0.15) is 11.5 Å².